The fourth-order valence-electron chi connectivity index (χ4n) is 1.25. The van der Waals surface area contributed by atoms with Gasteiger partial charge in [-0.2, -0.15) is 0 Å². The maximum Gasteiger partial charge on any atom is -0.0244 e. The maximum absolute atomic E-state index is 3.94. The van der Waals surface area contributed by atoms with Crippen molar-refractivity contribution >= 4 is 0 Å². The lowest BCUT2D eigenvalue weighted by molar-refractivity contribution is 1.21. The smallest absolute Gasteiger partial charge is 0.0244 e. The molecule has 0 fully saturated rings. The van der Waals surface area contributed by atoms with Crippen molar-refractivity contribution in [2.75, 3.05) is 0 Å². The Morgan fingerprint density at radius 3 is 1.62 bits per heavy atom. The third-order valence-corrected chi connectivity index (χ3v) is 2.35. The Hall–Kier alpha value is -1.04. The van der Waals surface area contributed by atoms with E-state index < -0.39 is 0 Å². The van der Waals surface area contributed by atoms with Crippen molar-refractivity contribution in [3.63, 3.8) is 0 Å². The van der Waals surface area contributed by atoms with Gasteiger partial charge in [-0.3, -0.25) is 0 Å². The Morgan fingerprint density at radius 1 is 0.923 bits per heavy atom. The quantitative estimate of drug-likeness (QED) is 0.558. The molecule has 0 N–H and O–H groups in total. The molecular formula is C13H20. The molecule has 0 heteroatoms. The second-order valence-corrected chi connectivity index (χ2v) is 3.65. The van der Waals surface area contributed by atoms with E-state index in [2.05, 4.69) is 40.9 Å². The predicted molar refractivity (Wildman–Crippen MR) is 61.8 cm³/mol. The molecule has 0 rings (SSSR count). The van der Waals surface area contributed by atoms with Crippen molar-refractivity contribution in [3.8, 4) is 0 Å². The van der Waals surface area contributed by atoms with E-state index >= 15 is 0 Å². The number of allylic oxidation sites excluding steroid dienone is 6. The fraction of sp³-hybridized carbons (Fsp3) is 0.385. The second-order valence-electron chi connectivity index (χ2n) is 3.65. The lowest BCUT2D eigenvalue weighted by atomic mass is 9.96. The summed E-state index contributed by atoms with van der Waals surface area (Å²) in [5.74, 6) is 0. The van der Waals surface area contributed by atoms with Crippen molar-refractivity contribution in [1.29, 1.82) is 0 Å². The molecule has 0 saturated carbocycles. The lowest BCUT2D eigenvalue weighted by Crippen LogP contribution is -1.90. The van der Waals surface area contributed by atoms with E-state index in [1.165, 1.54) is 22.3 Å². The molecular weight excluding hydrogens is 156 g/mol. The van der Waals surface area contributed by atoms with Gasteiger partial charge in [0, 0.05) is 0 Å². The summed E-state index contributed by atoms with van der Waals surface area (Å²) in [6.45, 7) is 18.2. The summed E-state index contributed by atoms with van der Waals surface area (Å²) in [6, 6.07) is 0. The molecule has 0 nitrogen and oxygen atoms in total. The molecule has 0 spiro atoms. The first-order valence-corrected chi connectivity index (χ1v) is 4.55. The summed E-state index contributed by atoms with van der Waals surface area (Å²) in [4.78, 5) is 0. The first kappa shape index (κ1) is 12.0. The Kier molecular flexibility index (Phi) is 4.47. The Bertz CT molecular complexity index is 281. The molecule has 0 bridgehead atoms. The fourth-order valence-corrected chi connectivity index (χ4v) is 1.25. The number of rotatable bonds is 3. The second kappa shape index (κ2) is 4.86. The van der Waals surface area contributed by atoms with Crippen LogP contribution in [0.3, 0.4) is 0 Å². The molecule has 0 atom stereocenters. The van der Waals surface area contributed by atoms with Crippen LogP contribution in [0.15, 0.2) is 47.1 Å². The molecule has 0 unspecified atom stereocenters. The summed E-state index contributed by atoms with van der Waals surface area (Å²) in [7, 11) is 0. The molecule has 0 aliphatic carbocycles. The van der Waals surface area contributed by atoms with Gasteiger partial charge in [-0.25, -0.2) is 0 Å². The Balaban J connectivity index is 5.31. The van der Waals surface area contributed by atoms with Crippen molar-refractivity contribution in [3.05, 3.63) is 47.1 Å². The van der Waals surface area contributed by atoms with Crippen LogP contribution < -0.4 is 0 Å². The highest BCUT2D eigenvalue weighted by Crippen LogP contribution is 2.22. The molecule has 0 aromatic heterocycles. The normalized spacial score (nSPS) is 11.8. The zero-order valence-electron chi connectivity index (χ0n) is 9.49. The van der Waals surface area contributed by atoms with Gasteiger partial charge in [-0.15, -0.1) is 0 Å². The average molecular weight is 176 g/mol. The summed E-state index contributed by atoms with van der Waals surface area (Å²) < 4.78 is 0. The van der Waals surface area contributed by atoms with E-state index in [4.69, 9.17) is 0 Å². The Labute approximate surface area is 82.4 Å². The van der Waals surface area contributed by atoms with Gasteiger partial charge in [0.25, 0.3) is 0 Å². The van der Waals surface area contributed by atoms with Crippen molar-refractivity contribution in [2.24, 2.45) is 0 Å². The molecule has 0 aliphatic rings. The van der Waals surface area contributed by atoms with E-state index in [9.17, 15) is 0 Å². The Morgan fingerprint density at radius 2 is 1.38 bits per heavy atom. The van der Waals surface area contributed by atoms with Gasteiger partial charge in [0.1, 0.15) is 0 Å². The molecule has 0 amide bonds. The third-order valence-electron chi connectivity index (χ3n) is 2.35. The monoisotopic (exact) mass is 176 g/mol. The van der Waals surface area contributed by atoms with Crippen molar-refractivity contribution < 1.29 is 0 Å². The van der Waals surface area contributed by atoms with Crippen molar-refractivity contribution in [2.45, 2.75) is 34.6 Å². The highest BCUT2D eigenvalue weighted by Gasteiger charge is 2.02. The molecule has 0 aromatic carbocycles. The lowest BCUT2D eigenvalue weighted by Gasteiger charge is -2.10. The molecule has 0 saturated heterocycles. The first-order valence-electron chi connectivity index (χ1n) is 4.55. The summed E-state index contributed by atoms with van der Waals surface area (Å²) in [6.07, 6.45) is 1.91. The highest BCUT2D eigenvalue weighted by molar-refractivity contribution is 5.47. The molecule has 0 heterocycles. The zero-order valence-corrected chi connectivity index (χ0v) is 9.49. The van der Waals surface area contributed by atoms with Crippen LogP contribution in [0.1, 0.15) is 34.6 Å². The van der Waals surface area contributed by atoms with Crippen molar-refractivity contribution in [1.82, 2.24) is 0 Å². The maximum atomic E-state index is 3.94. The standard InChI is InChI=1S/C13H20/c1-8-13(10(4)5)12(7)11(6)9(2)3/h8H,1-2H2,3-7H3/b12-11-. The molecule has 13 heavy (non-hydrogen) atoms. The van der Waals surface area contributed by atoms with Gasteiger partial charge in [0.2, 0.25) is 0 Å². The van der Waals surface area contributed by atoms with Gasteiger partial charge in [0.05, 0.1) is 0 Å². The summed E-state index contributed by atoms with van der Waals surface area (Å²) in [5, 5.41) is 0. The average Bonchev–Trinajstić information content (AvgIpc) is 2.03. The number of hydrogen-bond acceptors (Lipinski definition) is 0. The van der Waals surface area contributed by atoms with Gasteiger partial charge < -0.3 is 0 Å². The number of hydrogen-bond donors (Lipinski definition) is 0. The zero-order chi connectivity index (χ0) is 10.6. The van der Waals surface area contributed by atoms with Crippen LogP contribution in [0.25, 0.3) is 0 Å². The largest absolute Gasteiger partial charge is 0.0985 e. The van der Waals surface area contributed by atoms with Gasteiger partial charge in [-0.05, 0) is 51.3 Å². The first-order chi connectivity index (χ1) is 5.91. The van der Waals surface area contributed by atoms with Crippen LogP contribution in [0.2, 0.25) is 0 Å². The third kappa shape index (κ3) is 3.06. The molecule has 0 aliphatic heterocycles. The van der Waals surface area contributed by atoms with E-state index in [-0.39, 0.29) is 0 Å². The summed E-state index contributed by atoms with van der Waals surface area (Å²) in [5.41, 5.74) is 6.20. The van der Waals surface area contributed by atoms with Crippen LogP contribution in [-0.2, 0) is 0 Å². The SMILES string of the molecule is C=CC(=C(C)C)/C(C)=C(/C)C(=C)C. The van der Waals surface area contributed by atoms with Crippen LogP contribution in [0.4, 0.5) is 0 Å². The molecule has 72 valence electrons. The van der Waals surface area contributed by atoms with Gasteiger partial charge in [0.15, 0.2) is 0 Å². The summed E-state index contributed by atoms with van der Waals surface area (Å²) >= 11 is 0. The van der Waals surface area contributed by atoms with E-state index in [0.29, 0.717) is 0 Å². The minimum absolute atomic E-state index is 1.12. The van der Waals surface area contributed by atoms with E-state index in [0.717, 1.165) is 5.57 Å². The highest BCUT2D eigenvalue weighted by atomic mass is 14.1. The van der Waals surface area contributed by atoms with Crippen LogP contribution in [0.5, 0.6) is 0 Å². The van der Waals surface area contributed by atoms with Crippen LogP contribution in [-0.4, -0.2) is 0 Å². The van der Waals surface area contributed by atoms with Crippen LogP contribution in [0, 0.1) is 0 Å². The van der Waals surface area contributed by atoms with Crippen LogP contribution >= 0.6 is 0 Å². The topological polar surface area (TPSA) is 0 Å². The van der Waals surface area contributed by atoms with Gasteiger partial charge >= 0.3 is 0 Å². The molecule has 0 radical (unpaired) electrons. The van der Waals surface area contributed by atoms with E-state index in [1.54, 1.807) is 0 Å². The molecule has 0 aromatic rings. The minimum Gasteiger partial charge on any atom is -0.0985 e. The van der Waals surface area contributed by atoms with E-state index in [1.807, 2.05) is 13.0 Å². The predicted octanol–water partition coefficient (Wildman–Crippen LogP) is 4.42. The van der Waals surface area contributed by atoms with Gasteiger partial charge in [-0.1, -0.05) is 30.4 Å². The minimum atomic E-state index is 1.12.